The summed E-state index contributed by atoms with van der Waals surface area (Å²) < 4.78 is 0. The smallest absolute Gasteiger partial charge is 0.225 e. The Bertz CT molecular complexity index is 774. The van der Waals surface area contributed by atoms with Crippen LogP contribution in [-0.2, 0) is 4.79 Å². The highest BCUT2D eigenvalue weighted by molar-refractivity contribution is 5.79. The summed E-state index contributed by atoms with van der Waals surface area (Å²) in [4.78, 5) is 29.7. The molecule has 3 aliphatic heterocycles. The highest BCUT2D eigenvalue weighted by atomic mass is 16.2. The van der Waals surface area contributed by atoms with Crippen LogP contribution in [0.1, 0.15) is 77.0 Å². The van der Waals surface area contributed by atoms with Crippen LogP contribution in [0, 0.1) is 5.92 Å². The summed E-state index contributed by atoms with van der Waals surface area (Å²) in [5, 5.41) is 3.65. The van der Waals surface area contributed by atoms with Gasteiger partial charge in [-0.1, -0.05) is 25.7 Å². The third kappa shape index (κ3) is 5.79. The van der Waals surface area contributed by atoms with Gasteiger partial charge in [-0.25, -0.2) is 4.98 Å². The van der Waals surface area contributed by atoms with E-state index in [1.807, 2.05) is 6.20 Å². The molecule has 0 spiro atoms. The number of hydrogen-bond acceptors (Lipinski definition) is 6. The standard InChI is InChI=1S/C26H42N6O/c33-25(21-9-3-4-10-21)32-18-8-12-23(20-32)31-17-7-11-22(19-31)28-26-27-14-13-24(29-26)30-15-5-1-2-6-16-30/h13-14,21-23H,1-12,15-20H2,(H,27,28,29). The summed E-state index contributed by atoms with van der Waals surface area (Å²) in [7, 11) is 0. The fourth-order valence-corrected chi connectivity index (χ4v) is 6.42. The number of piperidine rings is 2. The Kier molecular flexibility index (Phi) is 7.64. The fourth-order valence-electron chi connectivity index (χ4n) is 6.42. The third-order valence-electron chi connectivity index (χ3n) is 8.29. The number of nitrogens with zero attached hydrogens (tertiary/aromatic N) is 5. The van der Waals surface area contributed by atoms with Crippen LogP contribution in [0.4, 0.5) is 11.8 Å². The summed E-state index contributed by atoms with van der Waals surface area (Å²) in [5.41, 5.74) is 0. The highest BCUT2D eigenvalue weighted by Crippen LogP contribution is 2.29. The summed E-state index contributed by atoms with van der Waals surface area (Å²) in [5.74, 6) is 2.57. The number of carbonyl (C=O) groups excluding carboxylic acids is 1. The lowest BCUT2D eigenvalue weighted by Gasteiger charge is -2.43. The zero-order valence-corrected chi connectivity index (χ0v) is 20.3. The predicted molar refractivity (Wildman–Crippen MR) is 132 cm³/mol. The molecule has 5 rings (SSSR count). The van der Waals surface area contributed by atoms with Crippen molar-refractivity contribution in [2.75, 3.05) is 49.5 Å². The van der Waals surface area contributed by atoms with Crippen molar-refractivity contribution in [2.24, 2.45) is 5.92 Å². The molecule has 2 atom stereocenters. The van der Waals surface area contributed by atoms with Crippen molar-refractivity contribution in [3.63, 3.8) is 0 Å². The Morgan fingerprint density at radius 1 is 0.848 bits per heavy atom. The zero-order chi connectivity index (χ0) is 22.5. The van der Waals surface area contributed by atoms with Crippen LogP contribution >= 0.6 is 0 Å². The molecule has 1 saturated carbocycles. The SMILES string of the molecule is O=C(C1CCCC1)N1CCCC(N2CCCC(Nc3nccc(N4CCCCCC4)n3)C2)C1. The van der Waals surface area contributed by atoms with Crippen molar-refractivity contribution in [3.05, 3.63) is 12.3 Å². The molecule has 2 unspecified atom stereocenters. The van der Waals surface area contributed by atoms with Crippen molar-refractivity contribution in [2.45, 2.75) is 89.1 Å². The van der Waals surface area contributed by atoms with E-state index in [1.165, 1.54) is 51.4 Å². The Morgan fingerprint density at radius 3 is 2.45 bits per heavy atom. The Balaban J connectivity index is 1.17. The van der Waals surface area contributed by atoms with Gasteiger partial charge in [-0.3, -0.25) is 9.69 Å². The number of likely N-dealkylation sites (tertiary alicyclic amines) is 2. The molecule has 1 N–H and O–H groups in total. The van der Waals surface area contributed by atoms with E-state index < -0.39 is 0 Å². The van der Waals surface area contributed by atoms with Gasteiger partial charge in [0.2, 0.25) is 11.9 Å². The van der Waals surface area contributed by atoms with E-state index in [0.717, 1.165) is 76.7 Å². The van der Waals surface area contributed by atoms with E-state index in [4.69, 9.17) is 4.98 Å². The molecule has 7 heteroatoms. The van der Waals surface area contributed by atoms with Crippen molar-refractivity contribution in [3.8, 4) is 0 Å². The van der Waals surface area contributed by atoms with Crippen LogP contribution in [0.5, 0.6) is 0 Å². The van der Waals surface area contributed by atoms with Crippen LogP contribution in [0.15, 0.2) is 12.3 Å². The number of amides is 1. The minimum Gasteiger partial charge on any atom is -0.356 e. The van der Waals surface area contributed by atoms with E-state index in [1.54, 1.807) is 0 Å². The first kappa shape index (κ1) is 22.9. The van der Waals surface area contributed by atoms with Gasteiger partial charge in [0.1, 0.15) is 5.82 Å². The molecule has 0 radical (unpaired) electrons. The predicted octanol–water partition coefficient (Wildman–Crippen LogP) is 3.91. The normalized spacial score (nSPS) is 28.0. The summed E-state index contributed by atoms with van der Waals surface area (Å²) in [6.07, 6.45) is 16.4. The maximum atomic E-state index is 13.0. The molecule has 4 fully saturated rings. The molecule has 0 bridgehead atoms. The van der Waals surface area contributed by atoms with Gasteiger partial charge in [-0.05, 0) is 64.0 Å². The Hall–Kier alpha value is -1.89. The first-order valence-electron chi connectivity index (χ1n) is 13.6. The summed E-state index contributed by atoms with van der Waals surface area (Å²) >= 11 is 0. The van der Waals surface area contributed by atoms with Crippen LogP contribution < -0.4 is 10.2 Å². The maximum Gasteiger partial charge on any atom is 0.225 e. The quantitative estimate of drug-likeness (QED) is 0.728. The Labute approximate surface area is 199 Å². The molecule has 7 nitrogen and oxygen atoms in total. The van der Waals surface area contributed by atoms with E-state index >= 15 is 0 Å². The number of rotatable bonds is 5. The fraction of sp³-hybridized carbons (Fsp3) is 0.808. The van der Waals surface area contributed by atoms with E-state index in [-0.39, 0.29) is 0 Å². The second-order valence-corrected chi connectivity index (χ2v) is 10.7. The van der Waals surface area contributed by atoms with Crippen LogP contribution in [0.2, 0.25) is 0 Å². The molecule has 0 aromatic carbocycles. The first-order valence-corrected chi connectivity index (χ1v) is 13.6. The van der Waals surface area contributed by atoms with Gasteiger partial charge < -0.3 is 15.1 Å². The molecular formula is C26H42N6O. The average molecular weight is 455 g/mol. The molecule has 1 aromatic heterocycles. The maximum absolute atomic E-state index is 13.0. The average Bonchev–Trinajstić information content (AvgIpc) is 3.26. The number of carbonyl (C=O) groups is 1. The van der Waals surface area contributed by atoms with Crippen LogP contribution in [0.25, 0.3) is 0 Å². The van der Waals surface area contributed by atoms with Gasteiger partial charge in [-0.15, -0.1) is 0 Å². The van der Waals surface area contributed by atoms with Gasteiger partial charge in [0.25, 0.3) is 0 Å². The lowest BCUT2D eigenvalue weighted by molar-refractivity contribution is -0.137. The first-order chi connectivity index (χ1) is 16.3. The second kappa shape index (κ2) is 11.0. The lowest BCUT2D eigenvalue weighted by Crippen LogP contribution is -2.54. The third-order valence-corrected chi connectivity index (χ3v) is 8.29. The molecule has 3 saturated heterocycles. The van der Waals surface area contributed by atoms with Gasteiger partial charge in [0.05, 0.1) is 0 Å². The molecule has 1 aromatic rings. The second-order valence-electron chi connectivity index (χ2n) is 10.7. The molecule has 1 aliphatic carbocycles. The van der Waals surface area contributed by atoms with E-state index in [9.17, 15) is 4.79 Å². The van der Waals surface area contributed by atoms with Gasteiger partial charge in [0.15, 0.2) is 0 Å². The van der Waals surface area contributed by atoms with Gasteiger partial charge >= 0.3 is 0 Å². The lowest BCUT2D eigenvalue weighted by atomic mass is 9.97. The number of anilines is 2. The largest absolute Gasteiger partial charge is 0.356 e. The van der Waals surface area contributed by atoms with Gasteiger partial charge in [0, 0.05) is 56.9 Å². The molecule has 4 heterocycles. The summed E-state index contributed by atoms with van der Waals surface area (Å²) in [6, 6.07) is 2.93. The van der Waals surface area contributed by atoms with Crippen molar-refractivity contribution in [1.29, 1.82) is 0 Å². The minimum absolute atomic E-state index is 0.299. The monoisotopic (exact) mass is 454 g/mol. The number of aromatic nitrogens is 2. The molecule has 33 heavy (non-hydrogen) atoms. The molecule has 182 valence electrons. The van der Waals surface area contributed by atoms with Crippen LogP contribution in [0.3, 0.4) is 0 Å². The highest BCUT2D eigenvalue weighted by Gasteiger charge is 2.34. The van der Waals surface area contributed by atoms with Crippen molar-refractivity contribution < 1.29 is 4.79 Å². The molecular weight excluding hydrogens is 412 g/mol. The number of nitrogens with one attached hydrogen (secondary N) is 1. The zero-order valence-electron chi connectivity index (χ0n) is 20.3. The van der Waals surface area contributed by atoms with E-state index in [0.29, 0.717) is 23.9 Å². The Morgan fingerprint density at radius 2 is 1.64 bits per heavy atom. The van der Waals surface area contributed by atoms with E-state index in [2.05, 4.69) is 31.1 Å². The van der Waals surface area contributed by atoms with Crippen molar-refractivity contribution >= 4 is 17.7 Å². The number of hydrogen-bond donors (Lipinski definition) is 1. The van der Waals surface area contributed by atoms with Gasteiger partial charge in [-0.2, -0.15) is 4.98 Å². The topological polar surface area (TPSA) is 64.6 Å². The summed E-state index contributed by atoms with van der Waals surface area (Å²) in [6.45, 7) is 6.24. The molecule has 4 aliphatic rings. The minimum atomic E-state index is 0.299. The van der Waals surface area contributed by atoms with Crippen molar-refractivity contribution in [1.82, 2.24) is 19.8 Å². The van der Waals surface area contributed by atoms with Crippen LogP contribution in [-0.4, -0.2) is 77.0 Å². The molecule has 1 amide bonds.